The zero-order valence-electron chi connectivity index (χ0n) is 8.70. The summed E-state index contributed by atoms with van der Waals surface area (Å²) in [6.07, 6.45) is 4.03. The average molecular weight is 199 g/mol. The van der Waals surface area contributed by atoms with Gasteiger partial charge in [-0.25, -0.2) is 4.98 Å². The lowest BCUT2D eigenvalue weighted by molar-refractivity contribution is 0.754. The van der Waals surface area contributed by atoms with Crippen LogP contribution in [0.4, 0.5) is 0 Å². The Kier molecular flexibility index (Phi) is 3.01. The first-order chi connectivity index (χ1) is 7.40. The van der Waals surface area contributed by atoms with Gasteiger partial charge in [-0.2, -0.15) is 0 Å². The molecule has 1 N–H and O–H groups in total. The van der Waals surface area contributed by atoms with Gasteiger partial charge in [0, 0.05) is 18.9 Å². The fraction of sp³-hybridized carbons (Fsp3) is 0.250. The highest BCUT2D eigenvalue weighted by Gasteiger charge is 1.98. The van der Waals surface area contributed by atoms with Crippen LogP contribution in [0.15, 0.2) is 30.6 Å². The van der Waals surface area contributed by atoms with E-state index in [4.69, 9.17) is 0 Å². The molecule has 0 spiro atoms. The molecule has 3 heteroatoms. The number of fused-ring (bicyclic) bond motifs is 1. The normalized spacial score (nSPS) is 9.93. The number of rotatable bonds is 3. The van der Waals surface area contributed by atoms with Crippen molar-refractivity contribution < 1.29 is 0 Å². The van der Waals surface area contributed by atoms with Crippen molar-refractivity contribution in [1.82, 2.24) is 14.7 Å². The number of hydrogen-bond acceptors (Lipinski definition) is 2. The van der Waals surface area contributed by atoms with Crippen molar-refractivity contribution in [2.45, 2.75) is 13.5 Å². The highest BCUT2D eigenvalue weighted by atomic mass is 15.0. The maximum absolute atomic E-state index is 4.46. The summed E-state index contributed by atoms with van der Waals surface area (Å²) in [6, 6.07) is 5.98. The van der Waals surface area contributed by atoms with Crippen molar-refractivity contribution in [3.05, 3.63) is 36.3 Å². The lowest BCUT2D eigenvalue weighted by atomic mass is 10.4. The van der Waals surface area contributed by atoms with Crippen molar-refractivity contribution in [3.63, 3.8) is 0 Å². The number of nitrogens with one attached hydrogen (secondary N) is 1. The SMILES string of the molecule is CC#CCNCc1cn2ccccc2n1. The summed E-state index contributed by atoms with van der Waals surface area (Å²) < 4.78 is 2.02. The van der Waals surface area contributed by atoms with Crippen LogP contribution in [-0.4, -0.2) is 15.9 Å². The fourth-order valence-corrected chi connectivity index (χ4v) is 1.41. The Labute approximate surface area is 89.1 Å². The predicted octanol–water partition coefficient (Wildman–Crippen LogP) is 1.45. The third-order valence-electron chi connectivity index (χ3n) is 2.11. The molecule has 0 aliphatic carbocycles. The number of nitrogens with zero attached hydrogens (tertiary/aromatic N) is 2. The molecule has 0 unspecified atom stereocenters. The van der Waals surface area contributed by atoms with Crippen LogP contribution in [-0.2, 0) is 6.54 Å². The number of pyridine rings is 1. The quantitative estimate of drug-likeness (QED) is 0.599. The minimum absolute atomic E-state index is 0.713. The van der Waals surface area contributed by atoms with E-state index < -0.39 is 0 Å². The number of imidazole rings is 1. The summed E-state index contributed by atoms with van der Waals surface area (Å²) >= 11 is 0. The smallest absolute Gasteiger partial charge is 0.137 e. The number of hydrogen-bond donors (Lipinski definition) is 1. The molecule has 0 aliphatic heterocycles. The molecule has 0 aromatic carbocycles. The van der Waals surface area contributed by atoms with E-state index in [9.17, 15) is 0 Å². The lowest BCUT2D eigenvalue weighted by Gasteiger charge is -1.94. The molecular weight excluding hydrogens is 186 g/mol. The van der Waals surface area contributed by atoms with Crippen LogP contribution in [0.5, 0.6) is 0 Å². The van der Waals surface area contributed by atoms with E-state index in [2.05, 4.69) is 22.1 Å². The minimum atomic E-state index is 0.713. The summed E-state index contributed by atoms with van der Waals surface area (Å²) in [5, 5.41) is 3.21. The summed E-state index contributed by atoms with van der Waals surface area (Å²) in [5.41, 5.74) is 2.02. The molecule has 0 bridgehead atoms. The zero-order chi connectivity index (χ0) is 10.5. The second-order valence-electron chi connectivity index (χ2n) is 3.23. The molecule has 2 heterocycles. The monoisotopic (exact) mass is 199 g/mol. The maximum Gasteiger partial charge on any atom is 0.137 e. The van der Waals surface area contributed by atoms with Crippen LogP contribution < -0.4 is 5.32 Å². The molecule has 0 saturated heterocycles. The van der Waals surface area contributed by atoms with Gasteiger partial charge in [0.25, 0.3) is 0 Å². The van der Waals surface area contributed by atoms with Crippen molar-refractivity contribution in [3.8, 4) is 11.8 Å². The summed E-state index contributed by atoms with van der Waals surface area (Å²) in [7, 11) is 0. The van der Waals surface area contributed by atoms with E-state index >= 15 is 0 Å². The second kappa shape index (κ2) is 4.63. The van der Waals surface area contributed by atoms with E-state index in [-0.39, 0.29) is 0 Å². The van der Waals surface area contributed by atoms with Crippen LogP contribution in [0.25, 0.3) is 5.65 Å². The Morgan fingerprint density at radius 1 is 1.47 bits per heavy atom. The Morgan fingerprint density at radius 2 is 2.40 bits per heavy atom. The molecule has 15 heavy (non-hydrogen) atoms. The van der Waals surface area contributed by atoms with Gasteiger partial charge in [-0.1, -0.05) is 12.0 Å². The topological polar surface area (TPSA) is 29.3 Å². The highest BCUT2D eigenvalue weighted by molar-refractivity contribution is 5.39. The molecule has 3 nitrogen and oxygen atoms in total. The van der Waals surface area contributed by atoms with Crippen molar-refractivity contribution >= 4 is 5.65 Å². The predicted molar refractivity (Wildman–Crippen MR) is 60.3 cm³/mol. The Bertz CT molecular complexity index is 469. The van der Waals surface area contributed by atoms with E-state index in [1.807, 2.05) is 41.9 Å². The van der Waals surface area contributed by atoms with Gasteiger partial charge in [-0.05, 0) is 19.1 Å². The second-order valence-corrected chi connectivity index (χ2v) is 3.23. The van der Waals surface area contributed by atoms with Gasteiger partial charge in [0.1, 0.15) is 5.65 Å². The van der Waals surface area contributed by atoms with Crippen LogP contribution in [0, 0.1) is 11.8 Å². The van der Waals surface area contributed by atoms with Gasteiger partial charge < -0.3 is 9.72 Å². The van der Waals surface area contributed by atoms with Crippen LogP contribution in [0.1, 0.15) is 12.6 Å². The average Bonchev–Trinajstić information content (AvgIpc) is 2.67. The lowest BCUT2D eigenvalue weighted by Crippen LogP contribution is -2.13. The molecule has 2 rings (SSSR count). The van der Waals surface area contributed by atoms with E-state index in [0.717, 1.165) is 17.9 Å². The first-order valence-corrected chi connectivity index (χ1v) is 4.93. The van der Waals surface area contributed by atoms with Crippen molar-refractivity contribution in [2.75, 3.05) is 6.54 Å². The van der Waals surface area contributed by atoms with Crippen molar-refractivity contribution in [1.29, 1.82) is 0 Å². The van der Waals surface area contributed by atoms with Gasteiger partial charge in [0.05, 0.1) is 12.2 Å². The molecule has 0 aliphatic rings. The molecule has 0 saturated carbocycles. The highest BCUT2D eigenvalue weighted by Crippen LogP contribution is 2.03. The molecule has 0 atom stereocenters. The standard InChI is InChI=1S/C12H13N3/c1-2-3-7-13-9-11-10-15-8-5-4-6-12(15)14-11/h4-6,8,10,13H,7,9H2,1H3. The van der Waals surface area contributed by atoms with Crippen LogP contribution in [0.2, 0.25) is 0 Å². The van der Waals surface area contributed by atoms with Gasteiger partial charge in [-0.15, -0.1) is 5.92 Å². The van der Waals surface area contributed by atoms with E-state index in [0.29, 0.717) is 6.54 Å². The summed E-state index contributed by atoms with van der Waals surface area (Å²) in [4.78, 5) is 4.46. The molecule has 0 amide bonds. The zero-order valence-corrected chi connectivity index (χ0v) is 8.70. The minimum Gasteiger partial charge on any atom is -0.307 e. The molecule has 76 valence electrons. The van der Waals surface area contributed by atoms with Gasteiger partial charge in [0.15, 0.2) is 0 Å². The van der Waals surface area contributed by atoms with Crippen LogP contribution >= 0.6 is 0 Å². The van der Waals surface area contributed by atoms with E-state index in [1.54, 1.807) is 0 Å². The Morgan fingerprint density at radius 3 is 3.20 bits per heavy atom. The molecule has 0 radical (unpaired) electrons. The fourth-order valence-electron chi connectivity index (χ4n) is 1.41. The van der Waals surface area contributed by atoms with Crippen molar-refractivity contribution in [2.24, 2.45) is 0 Å². The largest absolute Gasteiger partial charge is 0.307 e. The Hall–Kier alpha value is -1.79. The molecular formula is C12H13N3. The van der Waals surface area contributed by atoms with E-state index in [1.165, 1.54) is 0 Å². The summed E-state index contributed by atoms with van der Waals surface area (Å²) in [6.45, 7) is 3.31. The Balaban J connectivity index is 2.04. The van der Waals surface area contributed by atoms with Crippen LogP contribution in [0.3, 0.4) is 0 Å². The molecule has 0 fully saturated rings. The van der Waals surface area contributed by atoms with Gasteiger partial charge in [-0.3, -0.25) is 0 Å². The third-order valence-corrected chi connectivity index (χ3v) is 2.11. The third kappa shape index (κ3) is 2.36. The molecule has 2 aromatic rings. The summed E-state index contributed by atoms with van der Waals surface area (Å²) in [5.74, 6) is 5.80. The first kappa shape index (κ1) is 9.75. The van der Waals surface area contributed by atoms with Gasteiger partial charge >= 0.3 is 0 Å². The maximum atomic E-state index is 4.46. The first-order valence-electron chi connectivity index (χ1n) is 4.93. The number of aromatic nitrogens is 2. The van der Waals surface area contributed by atoms with Gasteiger partial charge in [0.2, 0.25) is 0 Å². The molecule has 2 aromatic heterocycles.